The summed E-state index contributed by atoms with van der Waals surface area (Å²) in [6.45, 7) is 1.81. The Bertz CT molecular complexity index is 1660. The number of carbonyl (C=O) groups is 1. The number of hydrogen-bond acceptors (Lipinski definition) is 5. The molecule has 0 fully saturated rings. The first-order chi connectivity index (χ1) is 17.2. The normalized spacial score (nSPS) is 11.6. The predicted molar refractivity (Wildman–Crippen MR) is 128 cm³/mol. The third-order valence-corrected chi connectivity index (χ3v) is 5.54. The quantitative estimate of drug-likeness (QED) is 0.196. The van der Waals surface area contributed by atoms with E-state index in [0.717, 1.165) is 17.0 Å². The standard InChI is InChI=1S/C28H17F3O5/c1-16-9-11-18(12-10-16)34-25-24(32)22-14-13-19(15-23(22)36-26(25)28(29,30)31)35-27(33)21-8-4-6-17-5-2-3-7-20(17)21/h2-15H,1H3. The average Bonchev–Trinajstić information content (AvgIpc) is 2.85. The Kier molecular flexibility index (Phi) is 5.72. The second kappa shape index (κ2) is 8.88. The number of rotatable bonds is 4. The maximum atomic E-state index is 13.8. The Morgan fingerprint density at radius 1 is 0.833 bits per heavy atom. The van der Waals surface area contributed by atoms with Crippen molar-refractivity contribution in [2.75, 3.05) is 0 Å². The second-order valence-electron chi connectivity index (χ2n) is 8.08. The van der Waals surface area contributed by atoms with E-state index in [9.17, 15) is 22.8 Å². The summed E-state index contributed by atoms with van der Waals surface area (Å²) in [5.41, 5.74) is -0.245. The fourth-order valence-corrected chi connectivity index (χ4v) is 3.79. The Morgan fingerprint density at radius 2 is 1.53 bits per heavy atom. The van der Waals surface area contributed by atoms with Gasteiger partial charge in [0, 0.05) is 6.07 Å². The zero-order chi connectivity index (χ0) is 25.4. The van der Waals surface area contributed by atoms with E-state index in [2.05, 4.69) is 0 Å². The van der Waals surface area contributed by atoms with Gasteiger partial charge in [0.05, 0.1) is 10.9 Å². The molecule has 5 nitrogen and oxygen atoms in total. The smallest absolute Gasteiger partial charge is 0.449 e. The van der Waals surface area contributed by atoms with Crippen LogP contribution in [0, 0.1) is 6.92 Å². The molecule has 0 atom stereocenters. The molecule has 0 N–H and O–H groups in total. The summed E-state index contributed by atoms with van der Waals surface area (Å²) >= 11 is 0. The molecule has 0 aliphatic rings. The van der Waals surface area contributed by atoms with E-state index in [1.807, 2.05) is 18.2 Å². The minimum Gasteiger partial charge on any atom is -0.449 e. The van der Waals surface area contributed by atoms with Crippen LogP contribution in [-0.4, -0.2) is 5.97 Å². The number of alkyl halides is 3. The number of fused-ring (bicyclic) bond motifs is 2. The summed E-state index contributed by atoms with van der Waals surface area (Å²) in [4.78, 5) is 25.8. The molecule has 5 rings (SSSR count). The monoisotopic (exact) mass is 490 g/mol. The molecule has 0 aliphatic heterocycles. The predicted octanol–water partition coefficient (Wildman–Crippen LogP) is 7.28. The maximum Gasteiger partial charge on any atom is 0.453 e. The van der Waals surface area contributed by atoms with Crippen LogP contribution in [-0.2, 0) is 6.18 Å². The number of carbonyl (C=O) groups excluding carboxylic acids is 1. The summed E-state index contributed by atoms with van der Waals surface area (Å²) in [7, 11) is 0. The van der Waals surface area contributed by atoms with E-state index in [1.165, 1.54) is 24.3 Å². The molecule has 1 heterocycles. The van der Waals surface area contributed by atoms with Gasteiger partial charge in [0.15, 0.2) is 0 Å². The number of aryl methyl sites for hydroxylation is 1. The Morgan fingerprint density at radius 3 is 2.28 bits per heavy atom. The highest BCUT2D eigenvalue weighted by atomic mass is 19.4. The molecular formula is C28H17F3O5. The van der Waals surface area contributed by atoms with Crippen LogP contribution in [0.4, 0.5) is 13.2 Å². The van der Waals surface area contributed by atoms with Crippen LogP contribution in [0.1, 0.15) is 21.7 Å². The topological polar surface area (TPSA) is 65.7 Å². The first-order valence-electron chi connectivity index (χ1n) is 10.8. The maximum absolute atomic E-state index is 13.8. The van der Waals surface area contributed by atoms with Crippen molar-refractivity contribution in [1.82, 2.24) is 0 Å². The van der Waals surface area contributed by atoms with Crippen LogP contribution in [0.25, 0.3) is 21.7 Å². The van der Waals surface area contributed by atoms with E-state index >= 15 is 0 Å². The van der Waals surface area contributed by atoms with Crippen LogP contribution < -0.4 is 14.9 Å². The molecule has 180 valence electrons. The molecule has 0 radical (unpaired) electrons. The molecule has 4 aromatic carbocycles. The van der Waals surface area contributed by atoms with Crippen molar-refractivity contribution in [3.63, 3.8) is 0 Å². The summed E-state index contributed by atoms with van der Waals surface area (Å²) < 4.78 is 57.2. The number of ether oxygens (including phenoxy) is 2. The fraction of sp³-hybridized carbons (Fsp3) is 0.0714. The Labute approximate surface area is 202 Å². The molecule has 0 spiro atoms. The average molecular weight is 490 g/mol. The Hall–Kier alpha value is -4.59. The molecule has 0 aliphatic carbocycles. The molecule has 0 saturated carbocycles. The highest BCUT2D eigenvalue weighted by Crippen LogP contribution is 2.38. The third kappa shape index (κ3) is 4.40. The van der Waals surface area contributed by atoms with Gasteiger partial charge in [-0.15, -0.1) is 0 Å². The van der Waals surface area contributed by atoms with Gasteiger partial charge in [-0.25, -0.2) is 4.79 Å². The Balaban J connectivity index is 1.54. The number of halogens is 3. The second-order valence-corrected chi connectivity index (χ2v) is 8.08. The molecule has 0 bridgehead atoms. The van der Waals surface area contributed by atoms with Crippen LogP contribution >= 0.6 is 0 Å². The SMILES string of the molecule is Cc1ccc(Oc2c(C(F)(F)F)oc3cc(OC(=O)c4cccc5ccccc45)ccc3c2=O)cc1. The summed E-state index contributed by atoms with van der Waals surface area (Å²) in [6, 6.07) is 22.1. The highest BCUT2D eigenvalue weighted by Gasteiger charge is 2.40. The lowest BCUT2D eigenvalue weighted by Crippen LogP contribution is -2.15. The van der Waals surface area contributed by atoms with Crippen molar-refractivity contribution in [1.29, 1.82) is 0 Å². The minimum absolute atomic E-state index is 0.0541. The van der Waals surface area contributed by atoms with Gasteiger partial charge in [-0.05, 0) is 48.0 Å². The number of esters is 1. The van der Waals surface area contributed by atoms with E-state index in [1.54, 1.807) is 43.3 Å². The van der Waals surface area contributed by atoms with Gasteiger partial charge in [0.2, 0.25) is 11.2 Å². The molecule has 5 aromatic rings. The zero-order valence-corrected chi connectivity index (χ0v) is 18.8. The molecular weight excluding hydrogens is 473 g/mol. The largest absolute Gasteiger partial charge is 0.453 e. The van der Waals surface area contributed by atoms with Gasteiger partial charge in [0.1, 0.15) is 17.1 Å². The zero-order valence-electron chi connectivity index (χ0n) is 18.8. The van der Waals surface area contributed by atoms with E-state index in [0.29, 0.717) is 5.39 Å². The van der Waals surface area contributed by atoms with Crippen LogP contribution in [0.2, 0.25) is 0 Å². The van der Waals surface area contributed by atoms with Crippen molar-refractivity contribution >= 4 is 27.7 Å². The van der Waals surface area contributed by atoms with Crippen molar-refractivity contribution in [2.45, 2.75) is 13.1 Å². The van der Waals surface area contributed by atoms with Gasteiger partial charge in [-0.2, -0.15) is 13.2 Å². The number of benzene rings is 4. The summed E-state index contributed by atoms with van der Waals surface area (Å²) in [5, 5.41) is 1.33. The van der Waals surface area contributed by atoms with Gasteiger partial charge in [-0.3, -0.25) is 4.79 Å². The molecule has 36 heavy (non-hydrogen) atoms. The van der Waals surface area contributed by atoms with Crippen LogP contribution in [0.15, 0.2) is 94.1 Å². The van der Waals surface area contributed by atoms with Gasteiger partial charge < -0.3 is 13.9 Å². The lowest BCUT2D eigenvalue weighted by atomic mass is 10.0. The summed E-state index contributed by atoms with van der Waals surface area (Å²) in [5.74, 6) is -3.29. The van der Waals surface area contributed by atoms with E-state index in [-0.39, 0.29) is 22.4 Å². The molecule has 0 unspecified atom stereocenters. The van der Waals surface area contributed by atoms with Crippen molar-refractivity contribution < 1.29 is 31.9 Å². The first kappa shape index (κ1) is 23.2. The van der Waals surface area contributed by atoms with E-state index in [4.69, 9.17) is 13.9 Å². The molecule has 0 saturated heterocycles. The molecule has 8 heteroatoms. The highest BCUT2D eigenvalue weighted by molar-refractivity contribution is 6.05. The van der Waals surface area contributed by atoms with Crippen molar-refractivity contribution in [3.8, 4) is 17.2 Å². The van der Waals surface area contributed by atoms with Gasteiger partial charge in [-0.1, -0.05) is 54.1 Å². The molecule has 1 aromatic heterocycles. The van der Waals surface area contributed by atoms with Gasteiger partial charge in [0.25, 0.3) is 5.76 Å². The number of hydrogen-bond donors (Lipinski definition) is 0. The van der Waals surface area contributed by atoms with Crippen LogP contribution in [0.5, 0.6) is 17.2 Å². The van der Waals surface area contributed by atoms with E-state index < -0.39 is 34.7 Å². The lowest BCUT2D eigenvalue weighted by molar-refractivity contribution is -0.154. The minimum atomic E-state index is -5.01. The van der Waals surface area contributed by atoms with Crippen molar-refractivity contribution in [3.05, 3.63) is 112 Å². The lowest BCUT2D eigenvalue weighted by Gasteiger charge is -2.14. The van der Waals surface area contributed by atoms with Crippen molar-refractivity contribution in [2.24, 2.45) is 0 Å². The molecule has 0 amide bonds. The van der Waals surface area contributed by atoms with Gasteiger partial charge >= 0.3 is 12.1 Å². The summed E-state index contributed by atoms with van der Waals surface area (Å²) in [6.07, 6.45) is -5.01. The third-order valence-electron chi connectivity index (χ3n) is 5.54. The first-order valence-corrected chi connectivity index (χ1v) is 10.8. The van der Waals surface area contributed by atoms with Crippen LogP contribution in [0.3, 0.4) is 0 Å². The fourth-order valence-electron chi connectivity index (χ4n) is 3.79.